The summed E-state index contributed by atoms with van der Waals surface area (Å²) in [5, 5.41) is 3.06. The first-order chi connectivity index (χ1) is 13.9. The predicted octanol–water partition coefficient (Wildman–Crippen LogP) is 5.54. The number of hydrogen-bond donors (Lipinski definition) is 1. The molecule has 0 aliphatic carbocycles. The average Bonchev–Trinajstić information content (AvgIpc) is 2.67. The number of halogens is 7. The van der Waals surface area contributed by atoms with Crippen LogP contribution in [0.5, 0.6) is 0 Å². The number of ether oxygens (including phenoxy) is 2. The van der Waals surface area contributed by atoms with Crippen LogP contribution in [0.3, 0.4) is 0 Å². The summed E-state index contributed by atoms with van der Waals surface area (Å²) in [6, 6.07) is 5.79. The maximum atomic E-state index is 13.2. The summed E-state index contributed by atoms with van der Waals surface area (Å²) in [4.78, 5) is 0. The van der Waals surface area contributed by atoms with E-state index < -0.39 is 53.0 Å². The van der Waals surface area contributed by atoms with E-state index in [4.69, 9.17) is 9.47 Å². The molecule has 2 aromatic carbocycles. The molecule has 0 saturated carbocycles. The van der Waals surface area contributed by atoms with Gasteiger partial charge in [-0.25, -0.2) is 4.39 Å². The first-order valence-corrected chi connectivity index (χ1v) is 8.71. The fourth-order valence-electron chi connectivity index (χ4n) is 2.95. The highest BCUT2D eigenvalue weighted by Gasteiger charge is 2.37. The summed E-state index contributed by atoms with van der Waals surface area (Å²) in [5.41, 5.74) is -2.87. The van der Waals surface area contributed by atoms with Gasteiger partial charge in [0, 0.05) is 12.1 Å². The summed E-state index contributed by atoms with van der Waals surface area (Å²) < 4.78 is 103. The maximum absolute atomic E-state index is 13.2. The van der Waals surface area contributed by atoms with Crippen molar-refractivity contribution in [1.82, 2.24) is 5.32 Å². The third-order valence-corrected chi connectivity index (χ3v) is 4.42. The Morgan fingerprint density at radius 2 is 1.53 bits per heavy atom. The van der Waals surface area contributed by atoms with Gasteiger partial charge in [-0.3, -0.25) is 0 Å². The van der Waals surface area contributed by atoms with Crippen LogP contribution in [0.25, 0.3) is 5.76 Å². The summed E-state index contributed by atoms with van der Waals surface area (Å²) in [6.45, 7) is 4.08. The fraction of sp³-hybridized carbons (Fsp3) is 0.300. The van der Waals surface area contributed by atoms with Crippen molar-refractivity contribution in [3.05, 3.63) is 77.1 Å². The molecule has 3 nitrogen and oxygen atoms in total. The van der Waals surface area contributed by atoms with E-state index in [0.29, 0.717) is 24.2 Å². The zero-order valence-electron chi connectivity index (χ0n) is 15.3. The van der Waals surface area contributed by atoms with Crippen LogP contribution in [0, 0.1) is 5.82 Å². The van der Waals surface area contributed by atoms with E-state index >= 15 is 0 Å². The lowest BCUT2D eigenvalue weighted by Crippen LogP contribution is -2.43. The van der Waals surface area contributed by atoms with Gasteiger partial charge in [-0.15, -0.1) is 0 Å². The van der Waals surface area contributed by atoms with Crippen LogP contribution >= 0.6 is 0 Å². The van der Waals surface area contributed by atoms with Gasteiger partial charge in [0.05, 0.1) is 23.8 Å². The van der Waals surface area contributed by atoms with E-state index in [0.717, 1.165) is 0 Å². The van der Waals surface area contributed by atoms with Gasteiger partial charge in [0.2, 0.25) is 6.29 Å². The van der Waals surface area contributed by atoms with Crippen LogP contribution in [0.2, 0.25) is 0 Å². The Morgan fingerprint density at radius 3 is 2.07 bits per heavy atom. The van der Waals surface area contributed by atoms with Crippen LogP contribution in [0.15, 0.2) is 49.0 Å². The largest absolute Gasteiger partial charge is 0.463 e. The molecular formula is C20H16F7NO2. The van der Waals surface area contributed by atoms with Crippen LogP contribution in [0.1, 0.15) is 28.3 Å². The molecule has 1 fully saturated rings. The number of benzene rings is 2. The molecule has 2 aromatic rings. The second-order valence-corrected chi connectivity index (χ2v) is 6.56. The maximum Gasteiger partial charge on any atom is 0.416 e. The molecular weight excluding hydrogens is 419 g/mol. The van der Waals surface area contributed by atoms with Gasteiger partial charge in [-0.2, -0.15) is 26.3 Å². The minimum Gasteiger partial charge on any atom is -0.463 e. The van der Waals surface area contributed by atoms with Crippen molar-refractivity contribution in [2.45, 2.75) is 24.7 Å². The van der Waals surface area contributed by atoms with Crippen LogP contribution in [0.4, 0.5) is 30.7 Å². The van der Waals surface area contributed by atoms with Crippen molar-refractivity contribution < 1.29 is 40.2 Å². The molecule has 2 atom stereocenters. The molecule has 30 heavy (non-hydrogen) atoms. The van der Waals surface area contributed by atoms with Crippen molar-refractivity contribution in [2.75, 3.05) is 13.2 Å². The van der Waals surface area contributed by atoms with Gasteiger partial charge in [0.1, 0.15) is 11.6 Å². The third kappa shape index (κ3) is 5.11. The first-order valence-electron chi connectivity index (χ1n) is 8.71. The van der Waals surface area contributed by atoms with Crippen molar-refractivity contribution in [3.8, 4) is 0 Å². The zero-order chi connectivity index (χ0) is 22.1. The second kappa shape index (κ2) is 8.27. The Balaban J connectivity index is 1.89. The summed E-state index contributed by atoms with van der Waals surface area (Å²) >= 11 is 0. The second-order valence-electron chi connectivity index (χ2n) is 6.56. The highest BCUT2D eigenvalue weighted by atomic mass is 19.4. The number of nitrogens with one attached hydrogen (secondary N) is 1. The Labute approximate surface area is 167 Å². The lowest BCUT2D eigenvalue weighted by atomic mass is 10.0. The number of morpholine rings is 1. The SMILES string of the molecule is C=C(OC1OCCNC1c1ccc(F)cc1)c1cc(C(F)(F)F)cc(C(F)(F)F)c1. The van der Waals surface area contributed by atoms with Crippen molar-refractivity contribution in [1.29, 1.82) is 0 Å². The number of alkyl halides is 6. The molecule has 2 unspecified atom stereocenters. The van der Waals surface area contributed by atoms with Crippen molar-refractivity contribution >= 4 is 5.76 Å². The smallest absolute Gasteiger partial charge is 0.416 e. The molecule has 0 amide bonds. The number of hydrogen-bond acceptors (Lipinski definition) is 3. The highest BCUT2D eigenvalue weighted by Crippen LogP contribution is 2.38. The van der Waals surface area contributed by atoms with Crippen molar-refractivity contribution in [2.24, 2.45) is 0 Å². The van der Waals surface area contributed by atoms with Crippen molar-refractivity contribution in [3.63, 3.8) is 0 Å². The van der Waals surface area contributed by atoms with E-state index in [-0.39, 0.29) is 12.7 Å². The van der Waals surface area contributed by atoms with Gasteiger partial charge in [-0.05, 0) is 35.9 Å². The standard InChI is InChI=1S/C20H16F7NO2/c1-11(13-8-14(19(22,23)24)10-15(9-13)20(25,26)27)30-18-17(28-6-7-29-18)12-2-4-16(21)5-3-12/h2-5,8-10,17-18,28H,1,6-7H2. The van der Waals surface area contributed by atoms with E-state index in [1.54, 1.807) is 0 Å². The van der Waals surface area contributed by atoms with Crippen LogP contribution in [-0.2, 0) is 21.8 Å². The molecule has 1 aliphatic rings. The Kier molecular flexibility index (Phi) is 6.09. The molecule has 1 saturated heterocycles. The van der Waals surface area contributed by atoms with E-state index in [9.17, 15) is 30.7 Å². The van der Waals surface area contributed by atoms with Crippen LogP contribution < -0.4 is 5.32 Å². The molecule has 1 heterocycles. The molecule has 0 radical (unpaired) electrons. The van der Waals surface area contributed by atoms with Crippen LogP contribution in [-0.4, -0.2) is 19.4 Å². The van der Waals surface area contributed by atoms with Gasteiger partial charge in [-0.1, -0.05) is 18.7 Å². The Morgan fingerprint density at radius 1 is 0.967 bits per heavy atom. The summed E-state index contributed by atoms with van der Waals surface area (Å²) in [6.07, 6.45) is -11.1. The summed E-state index contributed by atoms with van der Waals surface area (Å²) in [5.74, 6) is -0.895. The Hall–Kier alpha value is -2.59. The molecule has 1 aliphatic heterocycles. The van der Waals surface area contributed by atoms with Gasteiger partial charge in [0.25, 0.3) is 0 Å². The minimum atomic E-state index is -4.99. The quantitative estimate of drug-likeness (QED) is 0.506. The normalized spacial score (nSPS) is 20.1. The molecule has 10 heteroatoms. The zero-order valence-corrected chi connectivity index (χ0v) is 15.3. The first kappa shape index (κ1) is 22.1. The van der Waals surface area contributed by atoms with E-state index in [1.165, 1.54) is 24.3 Å². The monoisotopic (exact) mass is 435 g/mol. The van der Waals surface area contributed by atoms with Gasteiger partial charge >= 0.3 is 12.4 Å². The highest BCUT2D eigenvalue weighted by molar-refractivity contribution is 5.60. The van der Waals surface area contributed by atoms with Gasteiger partial charge in [0.15, 0.2) is 0 Å². The summed E-state index contributed by atoms with van der Waals surface area (Å²) in [7, 11) is 0. The molecule has 0 spiro atoms. The molecule has 3 rings (SSSR count). The Bertz CT molecular complexity index is 875. The molecule has 0 bridgehead atoms. The predicted molar refractivity (Wildman–Crippen MR) is 93.4 cm³/mol. The average molecular weight is 435 g/mol. The molecule has 162 valence electrons. The lowest BCUT2D eigenvalue weighted by molar-refractivity contribution is -0.143. The minimum absolute atomic E-state index is 0.0246. The third-order valence-electron chi connectivity index (χ3n) is 4.42. The topological polar surface area (TPSA) is 30.5 Å². The fourth-order valence-corrected chi connectivity index (χ4v) is 2.95. The lowest BCUT2D eigenvalue weighted by Gasteiger charge is -2.33. The molecule has 1 N–H and O–H groups in total. The van der Waals surface area contributed by atoms with E-state index in [1.807, 2.05) is 0 Å². The van der Waals surface area contributed by atoms with Gasteiger partial charge < -0.3 is 14.8 Å². The number of rotatable bonds is 4. The molecule has 0 aromatic heterocycles. The van der Waals surface area contributed by atoms with E-state index in [2.05, 4.69) is 11.9 Å².